The molecule has 0 bridgehead atoms. The number of piperidine rings is 1. The van der Waals surface area contributed by atoms with Gasteiger partial charge in [-0.2, -0.15) is 17.0 Å². The molecule has 4 atom stereocenters. The predicted molar refractivity (Wildman–Crippen MR) is 366 cm³/mol. The number of carbonyl (C=O) groups is 9. The van der Waals surface area contributed by atoms with Crippen LogP contribution < -0.4 is 26.0 Å². The van der Waals surface area contributed by atoms with E-state index in [1.54, 1.807) is 41.0 Å². The maximum Gasteiger partial charge on any atom is 0.317 e. The molecule has 6 amide bonds. The summed E-state index contributed by atoms with van der Waals surface area (Å²) in [6.07, 6.45) is 7.43. The van der Waals surface area contributed by atoms with E-state index >= 15 is 0 Å². The number of alkyl halides is 1. The van der Waals surface area contributed by atoms with Gasteiger partial charge in [-0.25, -0.2) is 4.39 Å². The van der Waals surface area contributed by atoms with Gasteiger partial charge in [0.05, 0.1) is 55.8 Å². The number of thioether (sulfide) groups is 1. The first-order chi connectivity index (χ1) is 46.2. The number of hydrogen-bond donors (Lipinski definition) is 6. The summed E-state index contributed by atoms with van der Waals surface area (Å²) in [5.41, 5.74) is 0.320. The highest BCUT2D eigenvalue weighted by molar-refractivity contribution is 14.1. The third kappa shape index (κ3) is 28.1. The third-order valence-corrected chi connectivity index (χ3v) is 18.7. The fourth-order valence-corrected chi connectivity index (χ4v) is 12.8. The molecule has 3 fully saturated rings. The molecule has 3 saturated heterocycles. The van der Waals surface area contributed by atoms with Gasteiger partial charge in [0, 0.05) is 118 Å². The standard InChI is InChI=1S/C66H93FIN13O14S/c1-48(74-59(85)11-7-9-49-12-14-51(68)15-13-49)70-21-5-3-10-57(75-60(86)40-76-26-27-77(41-62(88)89)29-31-79(45-94-47-83)33-32-78(30-28-76)44-93-46-82)64(91)72-23-35-96-42-58(84)65(92)80-24-19-50(20-25-80)8-4-6-34-95-53-16-17-56-55(36-53)54(18-22-71-56)63(90)73-39-61(87)81-43-66(2,67)37-52(81)38-69/h12-18,22,36,46-47,50,52,57-58,84H,3-11,19-21,23-35,37,39-45H2,1-2H3,(H,72,91)(H,73,90)(H,75,86)(H,88,89)(H,70,74,85)/t52-,57+,58-,66?/m1/s1. The van der Waals surface area contributed by atoms with Gasteiger partial charge in [0.1, 0.15) is 43.1 Å². The zero-order chi connectivity index (χ0) is 69.2. The van der Waals surface area contributed by atoms with Crippen molar-refractivity contribution >= 4 is 105 Å². The van der Waals surface area contributed by atoms with Gasteiger partial charge >= 0.3 is 5.97 Å². The van der Waals surface area contributed by atoms with Crippen LogP contribution in [0.15, 0.2) is 59.7 Å². The number of pyridine rings is 1. The average Bonchev–Trinajstić information content (AvgIpc) is 1.21. The van der Waals surface area contributed by atoms with Crippen LogP contribution in [0, 0.1) is 20.8 Å². The van der Waals surface area contributed by atoms with Gasteiger partial charge < -0.3 is 55.5 Å². The Hall–Kier alpha value is -7.15. The number of carboxylic acids is 1. The summed E-state index contributed by atoms with van der Waals surface area (Å²) < 4.78 is 31.9. The van der Waals surface area contributed by atoms with Gasteiger partial charge in [0.25, 0.3) is 24.8 Å². The van der Waals surface area contributed by atoms with E-state index in [4.69, 9.17) is 14.2 Å². The monoisotopic (exact) mass is 1470 g/mol. The SMILES string of the molecule is C/C(=N\CCCC[C@H](NC(=O)CN1CCN(COC=O)CCN(COC=O)CCN(CC(=O)O)CC1)C(=O)NCCSC[C@@H](O)C(=O)N1CCC(CCCCOc2ccc3nccc(C(=O)NCC(=O)N4CC(C)(F)C[C@@H]4C#N)c3c2)CC1)NC(=O)CCCc1ccc(I)cc1. The molecule has 6 N–H and O–H groups in total. The number of aromatic nitrogens is 1. The molecule has 3 aliphatic rings. The number of likely N-dealkylation sites (tertiary alicyclic amines) is 2. The van der Waals surface area contributed by atoms with Crippen LogP contribution >= 0.6 is 34.4 Å². The Bertz CT molecular complexity index is 3110. The number of amidine groups is 1. The van der Waals surface area contributed by atoms with E-state index in [2.05, 4.69) is 66.0 Å². The fraction of sp³-hybridized carbons (Fsp3) is 0.606. The minimum Gasteiger partial charge on any atom is -0.494 e. The van der Waals surface area contributed by atoms with Crippen LogP contribution in [0.2, 0.25) is 0 Å². The number of nitriles is 1. The number of aryl methyl sites for hydroxylation is 1. The van der Waals surface area contributed by atoms with Gasteiger partial charge in [-0.3, -0.25) is 72.7 Å². The first kappa shape index (κ1) is 77.9. The molecule has 0 radical (unpaired) electrons. The predicted octanol–water partition coefficient (Wildman–Crippen LogP) is 3.20. The van der Waals surface area contributed by atoms with Crippen LogP contribution in [0.4, 0.5) is 4.39 Å². The fourth-order valence-electron chi connectivity index (χ4n) is 11.6. The number of aliphatic hydroxyl groups excluding tert-OH is 1. The van der Waals surface area contributed by atoms with Gasteiger partial charge in [-0.15, -0.1) is 0 Å². The Kier molecular flexibility index (Phi) is 33.9. The number of ether oxygens (including phenoxy) is 3. The molecule has 0 spiro atoms. The molecule has 526 valence electrons. The number of aliphatic imine (C=N–C) groups is 1. The van der Waals surface area contributed by atoms with Crippen molar-refractivity contribution in [3.05, 3.63) is 69.4 Å². The summed E-state index contributed by atoms with van der Waals surface area (Å²) in [7, 11) is 0. The summed E-state index contributed by atoms with van der Waals surface area (Å²) in [5.74, 6) is -1.54. The summed E-state index contributed by atoms with van der Waals surface area (Å²) in [4.78, 5) is 133. The molecule has 96 heavy (non-hydrogen) atoms. The number of aliphatic hydroxyl groups is 1. The van der Waals surface area contributed by atoms with Crippen molar-refractivity contribution in [3.8, 4) is 11.8 Å². The quantitative estimate of drug-likeness (QED) is 0.0160. The van der Waals surface area contributed by atoms with Gasteiger partial charge in [-0.05, 0) is 142 Å². The second-order valence-corrected chi connectivity index (χ2v) is 27.0. The summed E-state index contributed by atoms with van der Waals surface area (Å²) in [6.45, 7) is 7.40. The number of rotatable bonds is 36. The third-order valence-electron chi connectivity index (χ3n) is 16.9. The number of amides is 6. The molecule has 6 rings (SSSR count). The maximum atomic E-state index is 14.6. The zero-order valence-electron chi connectivity index (χ0n) is 55.0. The number of unbranched alkanes of at least 4 members (excludes halogenated alkanes) is 2. The Morgan fingerprint density at radius 1 is 0.854 bits per heavy atom. The van der Waals surface area contributed by atoms with Crippen LogP contribution in [-0.4, -0.2) is 265 Å². The lowest BCUT2D eigenvalue weighted by molar-refractivity contribution is -0.140. The highest BCUT2D eigenvalue weighted by atomic mass is 127. The van der Waals surface area contributed by atoms with Crippen LogP contribution in [0.5, 0.6) is 5.75 Å². The van der Waals surface area contributed by atoms with Gasteiger partial charge in [0.2, 0.25) is 23.6 Å². The highest BCUT2D eigenvalue weighted by Crippen LogP contribution is 2.30. The maximum absolute atomic E-state index is 14.6. The Morgan fingerprint density at radius 3 is 2.18 bits per heavy atom. The average molecular weight is 1470 g/mol. The van der Waals surface area contributed by atoms with E-state index in [1.807, 2.05) is 32.9 Å². The number of fused-ring (bicyclic) bond motifs is 1. The minimum atomic E-state index is -1.68. The lowest BCUT2D eigenvalue weighted by Gasteiger charge is -2.33. The second kappa shape index (κ2) is 41.8. The largest absolute Gasteiger partial charge is 0.494 e. The second-order valence-electron chi connectivity index (χ2n) is 24.6. The Balaban J connectivity index is 0.931. The highest BCUT2D eigenvalue weighted by Gasteiger charge is 2.43. The smallest absolute Gasteiger partial charge is 0.317 e. The number of carboxylic acid groups (broad SMARTS) is 1. The normalized spacial score (nSPS) is 18.8. The van der Waals surface area contributed by atoms with Crippen molar-refractivity contribution in [1.29, 1.82) is 5.26 Å². The Labute approximate surface area is 578 Å². The molecule has 30 heteroatoms. The van der Waals surface area contributed by atoms with Crippen molar-refractivity contribution in [1.82, 2.24) is 55.7 Å². The van der Waals surface area contributed by atoms with Crippen LogP contribution in [0.25, 0.3) is 10.9 Å². The van der Waals surface area contributed by atoms with Gasteiger partial charge in [-0.1, -0.05) is 18.6 Å². The van der Waals surface area contributed by atoms with E-state index < -0.39 is 60.0 Å². The van der Waals surface area contributed by atoms with E-state index in [0.717, 1.165) is 52.6 Å². The number of nitrogens with one attached hydrogen (secondary N) is 4. The lowest BCUT2D eigenvalue weighted by Crippen LogP contribution is -2.52. The summed E-state index contributed by atoms with van der Waals surface area (Å²) >= 11 is 3.57. The van der Waals surface area contributed by atoms with Crippen molar-refractivity contribution in [2.45, 2.75) is 115 Å². The Morgan fingerprint density at radius 2 is 1.52 bits per heavy atom. The number of nitrogens with zero attached hydrogens (tertiary/aromatic N) is 9. The first-order valence-corrected chi connectivity index (χ1v) is 35.0. The van der Waals surface area contributed by atoms with Crippen LogP contribution in [0.1, 0.15) is 100 Å². The molecule has 2 aromatic carbocycles. The molecule has 1 unspecified atom stereocenters. The van der Waals surface area contributed by atoms with Crippen LogP contribution in [0.3, 0.4) is 0 Å². The molecule has 1 aromatic heterocycles. The minimum absolute atomic E-state index is 0.0131. The molecule has 3 aromatic rings. The zero-order valence-corrected chi connectivity index (χ0v) is 58.0. The number of benzene rings is 2. The van der Waals surface area contributed by atoms with Crippen LogP contribution in [-0.2, 0) is 54.3 Å². The number of hydrogen-bond acceptors (Lipinski definition) is 21. The lowest BCUT2D eigenvalue weighted by atomic mass is 9.91. The summed E-state index contributed by atoms with van der Waals surface area (Å²) in [5, 5.41) is 42.0. The molecule has 0 aliphatic carbocycles. The topological polar surface area (TPSA) is 338 Å². The molecular weight excluding hydrogens is 1380 g/mol. The molecule has 0 saturated carbocycles. The molecular formula is C66H93FIN13O14S. The van der Waals surface area contributed by atoms with Crippen molar-refractivity contribution in [3.63, 3.8) is 0 Å². The van der Waals surface area contributed by atoms with Crippen molar-refractivity contribution in [2.24, 2.45) is 10.9 Å². The molecule has 3 aliphatic heterocycles. The number of halogens is 2. The van der Waals surface area contributed by atoms with Gasteiger partial charge in [0.15, 0.2) is 0 Å². The van der Waals surface area contributed by atoms with E-state index in [-0.39, 0.29) is 88.7 Å². The first-order valence-electron chi connectivity index (χ1n) is 32.8. The van der Waals surface area contributed by atoms with Crippen molar-refractivity contribution < 1.29 is 72.0 Å². The number of aliphatic carboxylic acids is 1. The van der Waals surface area contributed by atoms with E-state index in [9.17, 15) is 63.0 Å². The molecule has 4 heterocycles. The van der Waals surface area contributed by atoms with E-state index in [1.165, 1.54) is 24.9 Å². The van der Waals surface area contributed by atoms with E-state index in [0.29, 0.717) is 138 Å². The number of carbonyl (C=O) groups excluding carboxylic acids is 8. The van der Waals surface area contributed by atoms with Crippen molar-refractivity contribution in [2.75, 3.05) is 136 Å². The molecule has 27 nitrogen and oxygen atoms in total. The summed E-state index contributed by atoms with van der Waals surface area (Å²) in [6, 6.07) is 15.1.